The molecule has 1 aliphatic rings. The Balaban J connectivity index is 2.69. The van der Waals surface area contributed by atoms with Gasteiger partial charge in [-0.1, -0.05) is 13.8 Å². The van der Waals surface area contributed by atoms with E-state index in [1.165, 1.54) is 0 Å². The SMILES string of the molecule is CCC(=O)[C@@H]1CCC[C@@]1(O)CC. The fourth-order valence-corrected chi connectivity index (χ4v) is 2.19. The van der Waals surface area contributed by atoms with Gasteiger partial charge in [0.1, 0.15) is 5.78 Å². The number of Topliss-reactive ketones (excluding diaryl/α,β-unsaturated/α-hetero) is 1. The third kappa shape index (κ3) is 1.53. The predicted octanol–water partition coefficient (Wildman–Crippen LogP) is 1.91. The van der Waals surface area contributed by atoms with Gasteiger partial charge in [-0.25, -0.2) is 0 Å². The molecule has 2 heteroatoms. The summed E-state index contributed by atoms with van der Waals surface area (Å²) in [6.07, 6.45) is 3.97. The van der Waals surface area contributed by atoms with Crippen LogP contribution in [-0.2, 0) is 4.79 Å². The Bertz CT molecular complexity index is 177. The minimum atomic E-state index is -0.674. The van der Waals surface area contributed by atoms with Gasteiger partial charge in [-0.15, -0.1) is 0 Å². The maximum atomic E-state index is 11.4. The molecule has 0 bridgehead atoms. The lowest BCUT2D eigenvalue weighted by atomic mass is 9.84. The fraction of sp³-hybridized carbons (Fsp3) is 0.900. The zero-order valence-corrected chi connectivity index (χ0v) is 7.97. The highest BCUT2D eigenvalue weighted by atomic mass is 16.3. The van der Waals surface area contributed by atoms with Crippen molar-refractivity contribution >= 4 is 5.78 Å². The van der Waals surface area contributed by atoms with Gasteiger partial charge in [0.15, 0.2) is 0 Å². The van der Waals surface area contributed by atoms with Crippen LogP contribution in [0.4, 0.5) is 0 Å². The first-order chi connectivity index (χ1) is 5.64. The average Bonchev–Trinajstić information content (AvgIpc) is 2.47. The van der Waals surface area contributed by atoms with Gasteiger partial charge in [-0.3, -0.25) is 4.79 Å². The van der Waals surface area contributed by atoms with Crippen LogP contribution in [0.15, 0.2) is 0 Å². The molecule has 1 fully saturated rings. The molecule has 0 unspecified atom stereocenters. The van der Waals surface area contributed by atoms with Crippen LogP contribution in [-0.4, -0.2) is 16.5 Å². The lowest BCUT2D eigenvalue weighted by molar-refractivity contribution is -0.130. The first-order valence-corrected chi connectivity index (χ1v) is 4.89. The van der Waals surface area contributed by atoms with Gasteiger partial charge >= 0.3 is 0 Å². The van der Waals surface area contributed by atoms with Crippen molar-refractivity contribution in [3.63, 3.8) is 0 Å². The van der Waals surface area contributed by atoms with Crippen LogP contribution in [0.2, 0.25) is 0 Å². The second-order valence-electron chi connectivity index (χ2n) is 3.72. The molecule has 12 heavy (non-hydrogen) atoms. The van der Waals surface area contributed by atoms with E-state index in [-0.39, 0.29) is 11.7 Å². The summed E-state index contributed by atoms with van der Waals surface area (Å²) in [5, 5.41) is 10.0. The molecule has 0 aromatic heterocycles. The molecule has 0 amide bonds. The minimum Gasteiger partial charge on any atom is -0.389 e. The van der Waals surface area contributed by atoms with Gasteiger partial charge in [0.2, 0.25) is 0 Å². The Kier molecular flexibility index (Phi) is 2.89. The molecule has 2 nitrogen and oxygen atoms in total. The van der Waals surface area contributed by atoms with Crippen molar-refractivity contribution in [2.45, 2.75) is 51.6 Å². The maximum Gasteiger partial charge on any atom is 0.138 e. The second-order valence-corrected chi connectivity index (χ2v) is 3.72. The van der Waals surface area contributed by atoms with Crippen molar-refractivity contribution in [3.8, 4) is 0 Å². The summed E-state index contributed by atoms with van der Waals surface area (Å²) in [5.74, 6) is 0.157. The van der Waals surface area contributed by atoms with E-state index >= 15 is 0 Å². The van der Waals surface area contributed by atoms with Gasteiger partial charge in [0.25, 0.3) is 0 Å². The molecule has 1 rings (SSSR count). The summed E-state index contributed by atoms with van der Waals surface area (Å²) in [7, 11) is 0. The van der Waals surface area contributed by atoms with Crippen LogP contribution in [0.25, 0.3) is 0 Å². The molecule has 0 aromatic rings. The largest absolute Gasteiger partial charge is 0.389 e. The zero-order valence-electron chi connectivity index (χ0n) is 7.97. The monoisotopic (exact) mass is 170 g/mol. The van der Waals surface area contributed by atoms with E-state index in [9.17, 15) is 9.90 Å². The van der Waals surface area contributed by atoms with Crippen molar-refractivity contribution in [1.82, 2.24) is 0 Å². The molecular weight excluding hydrogens is 152 g/mol. The van der Waals surface area contributed by atoms with E-state index in [4.69, 9.17) is 0 Å². The molecule has 1 aliphatic carbocycles. The highest BCUT2D eigenvalue weighted by Crippen LogP contribution is 2.38. The van der Waals surface area contributed by atoms with E-state index < -0.39 is 5.60 Å². The second kappa shape index (κ2) is 3.56. The van der Waals surface area contributed by atoms with Crippen molar-refractivity contribution in [3.05, 3.63) is 0 Å². The van der Waals surface area contributed by atoms with Crippen LogP contribution in [0, 0.1) is 5.92 Å². The lowest BCUT2D eigenvalue weighted by Gasteiger charge is -2.27. The average molecular weight is 170 g/mol. The molecule has 0 radical (unpaired) electrons. The first kappa shape index (κ1) is 9.72. The van der Waals surface area contributed by atoms with Gasteiger partial charge in [0.05, 0.1) is 5.60 Å². The highest BCUT2D eigenvalue weighted by molar-refractivity contribution is 5.82. The summed E-state index contributed by atoms with van der Waals surface area (Å²) < 4.78 is 0. The summed E-state index contributed by atoms with van der Waals surface area (Å²) in [4.78, 5) is 11.4. The number of aliphatic hydroxyl groups is 1. The Morgan fingerprint density at radius 3 is 2.75 bits per heavy atom. The van der Waals surface area contributed by atoms with E-state index in [1.54, 1.807) is 0 Å². The third-order valence-electron chi connectivity index (χ3n) is 3.10. The maximum absolute atomic E-state index is 11.4. The van der Waals surface area contributed by atoms with Crippen LogP contribution < -0.4 is 0 Å². The molecule has 1 N–H and O–H groups in total. The predicted molar refractivity (Wildman–Crippen MR) is 47.9 cm³/mol. The summed E-state index contributed by atoms with van der Waals surface area (Å²) >= 11 is 0. The highest BCUT2D eigenvalue weighted by Gasteiger charge is 2.42. The number of ketones is 1. The third-order valence-corrected chi connectivity index (χ3v) is 3.10. The molecule has 2 atom stereocenters. The van der Waals surface area contributed by atoms with E-state index in [0.29, 0.717) is 12.8 Å². The minimum absolute atomic E-state index is 0.0764. The van der Waals surface area contributed by atoms with E-state index in [2.05, 4.69) is 0 Å². The number of carbonyl (C=O) groups is 1. The Morgan fingerprint density at radius 2 is 2.25 bits per heavy atom. The molecule has 0 saturated heterocycles. The lowest BCUT2D eigenvalue weighted by Crippen LogP contribution is -2.36. The number of hydrogen-bond donors (Lipinski definition) is 1. The van der Waals surface area contributed by atoms with Gasteiger partial charge in [-0.05, 0) is 25.7 Å². The normalized spacial score (nSPS) is 35.4. The van der Waals surface area contributed by atoms with Crippen molar-refractivity contribution in [2.75, 3.05) is 0 Å². The van der Waals surface area contributed by atoms with Crippen LogP contribution in [0.3, 0.4) is 0 Å². The molecule has 0 heterocycles. The zero-order chi connectivity index (χ0) is 9.19. The molecule has 1 saturated carbocycles. The van der Waals surface area contributed by atoms with Gasteiger partial charge < -0.3 is 5.11 Å². The van der Waals surface area contributed by atoms with Crippen LogP contribution in [0.1, 0.15) is 46.0 Å². The van der Waals surface area contributed by atoms with Crippen molar-refractivity contribution < 1.29 is 9.90 Å². The first-order valence-electron chi connectivity index (χ1n) is 4.89. The quantitative estimate of drug-likeness (QED) is 0.702. The fourth-order valence-electron chi connectivity index (χ4n) is 2.19. The summed E-state index contributed by atoms with van der Waals surface area (Å²) in [6, 6.07) is 0. The standard InChI is InChI=1S/C10H18O2/c1-3-9(11)8-6-5-7-10(8,12)4-2/h8,12H,3-7H2,1-2H3/t8-,10-/m0/s1. The van der Waals surface area contributed by atoms with Crippen molar-refractivity contribution in [2.24, 2.45) is 5.92 Å². The molecule has 70 valence electrons. The Morgan fingerprint density at radius 1 is 1.58 bits per heavy atom. The topological polar surface area (TPSA) is 37.3 Å². The van der Waals surface area contributed by atoms with E-state index in [0.717, 1.165) is 19.3 Å². The van der Waals surface area contributed by atoms with Gasteiger partial charge in [-0.2, -0.15) is 0 Å². The van der Waals surface area contributed by atoms with Crippen LogP contribution >= 0.6 is 0 Å². The van der Waals surface area contributed by atoms with Gasteiger partial charge in [0, 0.05) is 12.3 Å². The Labute approximate surface area is 74.0 Å². The summed E-state index contributed by atoms with van der Waals surface area (Å²) in [5.41, 5.74) is -0.674. The number of carbonyl (C=O) groups excluding carboxylic acids is 1. The van der Waals surface area contributed by atoms with Crippen molar-refractivity contribution in [1.29, 1.82) is 0 Å². The molecular formula is C10H18O2. The summed E-state index contributed by atoms with van der Waals surface area (Å²) in [6.45, 7) is 3.83. The Hall–Kier alpha value is -0.370. The number of rotatable bonds is 3. The van der Waals surface area contributed by atoms with Crippen LogP contribution in [0.5, 0.6) is 0 Å². The molecule has 0 aromatic carbocycles. The smallest absolute Gasteiger partial charge is 0.138 e. The molecule has 0 aliphatic heterocycles. The van der Waals surface area contributed by atoms with E-state index in [1.807, 2.05) is 13.8 Å². The molecule has 0 spiro atoms. The number of hydrogen-bond acceptors (Lipinski definition) is 2.